The Labute approximate surface area is 140 Å². The fourth-order valence-electron chi connectivity index (χ4n) is 2.73. The number of nitrogens with zero attached hydrogens (tertiary/aromatic N) is 1. The SMILES string of the molecule is Cc1ccc2c(c1)N(C)C(=O)C(C)(C(=O)NCc1ccc(C)o1)O2. The smallest absolute Gasteiger partial charge is 0.280 e. The van der Waals surface area contributed by atoms with E-state index in [4.69, 9.17) is 9.15 Å². The molecule has 1 aliphatic heterocycles. The largest absolute Gasteiger partial charge is 0.466 e. The first-order valence-corrected chi connectivity index (χ1v) is 7.72. The lowest BCUT2D eigenvalue weighted by Crippen LogP contribution is -2.61. The van der Waals surface area contributed by atoms with Crippen LogP contribution in [0.2, 0.25) is 0 Å². The summed E-state index contributed by atoms with van der Waals surface area (Å²) in [4.78, 5) is 26.8. The number of aryl methyl sites for hydroxylation is 2. The minimum atomic E-state index is -1.61. The number of anilines is 1. The van der Waals surface area contributed by atoms with E-state index in [0.29, 0.717) is 17.2 Å². The standard InChI is InChI=1S/C18H20N2O4/c1-11-5-8-15-14(9-11)20(4)17(22)18(3,24-15)16(21)19-10-13-7-6-12(2)23-13/h5-9H,10H2,1-4H3,(H,19,21). The summed E-state index contributed by atoms with van der Waals surface area (Å²) in [5, 5.41) is 2.71. The Balaban J connectivity index is 1.82. The van der Waals surface area contributed by atoms with Crippen LogP contribution < -0.4 is 15.0 Å². The second-order valence-corrected chi connectivity index (χ2v) is 6.17. The van der Waals surface area contributed by atoms with Gasteiger partial charge >= 0.3 is 0 Å². The lowest BCUT2D eigenvalue weighted by molar-refractivity contribution is -0.148. The van der Waals surface area contributed by atoms with E-state index in [-0.39, 0.29) is 6.54 Å². The van der Waals surface area contributed by atoms with Crippen LogP contribution in [-0.2, 0) is 16.1 Å². The predicted molar refractivity (Wildman–Crippen MR) is 88.9 cm³/mol. The van der Waals surface area contributed by atoms with Gasteiger partial charge in [-0.05, 0) is 50.6 Å². The van der Waals surface area contributed by atoms with Crippen LogP contribution in [0, 0.1) is 13.8 Å². The summed E-state index contributed by atoms with van der Waals surface area (Å²) in [7, 11) is 1.64. The zero-order valence-electron chi connectivity index (χ0n) is 14.2. The topological polar surface area (TPSA) is 71.8 Å². The normalized spacial score (nSPS) is 19.7. The second kappa shape index (κ2) is 5.70. The number of likely N-dealkylation sites (N-methyl/N-ethyl adjacent to an activating group) is 1. The summed E-state index contributed by atoms with van der Waals surface area (Å²) in [6.45, 7) is 5.44. The summed E-state index contributed by atoms with van der Waals surface area (Å²) in [6, 6.07) is 9.11. The molecule has 3 rings (SSSR count). The molecule has 0 saturated heterocycles. The van der Waals surface area contributed by atoms with E-state index in [1.54, 1.807) is 19.2 Å². The van der Waals surface area contributed by atoms with Gasteiger partial charge in [0.15, 0.2) is 0 Å². The molecule has 24 heavy (non-hydrogen) atoms. The van der Waals surface area contributed by atoms with Gasteiger partial charge < -0.3 is 19.4 Å². The Hall–Kier alpha value is -2.76. The van der Waals surface area contributed by atoms with Gasteiger partial charge in [0.05, 0.1) is 12.2 Å². The Morgan fingerprint density at radius 1 is 1.25 bits per heavy atom. The quantitative estimate of drug-likeness (QED) is 0.878. The summed E-state index contributed by atoms with van der Waals surface area (Å²) < 4.78 is 11.2. The van der Waals surface area contributed by atoms with E-state index >= 15 is 0 Å². The van der Waals surface area contributed by atoms with Crippen molar-refractivity contribution in [3.63, 3.8) is 0 Å². The lowest BCUT2D eigenvalue weighted by atomic mass is 10.00. The molecule has 1 aliphatic rings. The lowest BCUT2D eigenvalue weighted by Gasteiger charge is -2.38. The van der Waals surface area contributed by atoms with Gasteiger partial charge in [0.2, 0.25) is 0 Å². The fraction of sp³-hybridized carbons (Fsp3) is 0.333. The van der Waals surface area contributed by atoms with E-state index in [9.17, 15) is 9.59 Å². The number of fused-ring (bicyclic) bond motifs is 1. The molecule has 6 nitrogen and oxygen atoms in total. The maximum absolute atomic E-state index is 12.7. The first kappa shape index (κ1) is 16.1. The first-order valence-electron chi connectivity index (χ1n) is 7.72. The van der Waals surface area contributed by atoms with Crippen molar-refractivity contribution in [1.82, 2.24) is 5.32 Å². The van der Waals surface area contributed by atoms with E-state index < -0.39 is 17.4 Å². The third kappa shape index (κ3) is 2.64. The highest BCUT2D eigenvalue weighted by molar-refractivity contribution is 6.16. The van der Waals surface area contributed by atoms with Gasteiger partial charge in [0.1, 0.15) is 17.3 Å². The number of nitrogens with one attached hydrogen (secondary N) is 1. The van der Waals surface area contributed by atoms with Crippen molar-refractivity contribution in [2.75, 3.05) is 11.9 Å². The van der Waals surface area contributed by atoms with E-state index in [0.717, 1.165) is 11.3 Å². The van der Waals surface area contributed by atoms with Crippen LogP contribution in [0.25, 0.3) is 0 Å². The number of hydrogen-bond acceptors (Lipinski definition) is 4. The minimum absolute atomic E-state index is 0.198. The maximum atomic E-state index is 12.7. The molecule has 6 heteroatoms. The van der Waals surface area contributed by atoms with Crippen LogP contribution in [0.1, 0.15) is 24.0 Å². The Morgan fingerprint density at radius 3 is 2.67 bits per heavy atom. The Morgan fingerprint density at radius 2 is 2.00 bits per heavy atom. The van der Waals surface area contributed by atoms with Crippen LogP contribution in [0.4, 0.5) is 5.69 Å². The van der Waals surface area contributed by atoms with Crippen molar-refractivity contribution >= 4 is 17.5 Å². The maximum Gasteiger partial charge on any atom is 0.280 e. The summed E-state index contributed by atoms with van der Waals surface area (Å²) in [6.07, 6.45) is 0. The summed E-state index contributed by atoms with van der Waals surface area (Å²) >= 11 is 0. The highest BCUT2D eigenvalue weighted by Gasteiger charge is 2.49. The molecular weight excluding hydrogens is 308 g/mol. The van der Waals surface area contributed by atoms with Gasteiger partial charge in [-0.1, -0.05) is 6.07 Å². The average Bonchev–Trinajstić information content (AvgIpc) is 2.97. The molecule has 2 amide bonds. The predicted octanol–water partition coefficient (Wildman–Crippen LogP) is 2.33. The molecule has 2 aromatic rings. The van der Waals surface area contributed by atoms with E-state index in [1.165, 1.54) is 11.8 Å². The van der Waals surface area contributed by atoms with Crippen molar-refractivity contribution in [2.45, 2.75) is 32.9 Å². The van der Waals surface area contributed by atoms with Crippen LogP contribution in [0.15, 0.2) is 34.7 Å². The van der Waals surface area contributed by atoms with Crippen molar-refractivity contribution in [3.05, 3.63) is 47.4 Å². The molecule has 1 N–H and O–H groups in total. The number of furan rings is 1. The van der Waals surface area contributed by atoms with E-state index in [2.05, 4.69) is 5.32 Å². The number of rotatable bonds is 3. The highest BCUT2D eigenvalue weighted by atomic mass is 16.5. The minimum Gasteiger partial charge on any atom is -0.466 e. The Kier molecular flexibility index (Phi) is 3.83. The molecule has 0 radical (unpaired) electrons. The molecule has 0 fully saturated rings. The summed E-state index contributed by atoms with van der Waals surface area (Å²) in [5.41, 5.74) is 0.0590. The van der Waals surface area contributed by atoms with Crippen LogP contribution in [0.3, 0.4) is 0 Å². The zero-order chi connectivity index (χ0) is 17.5. The molecular formula is C18H20N2O4. The molecule has 126 valence electrons. The van der Waals surface area contributed by atoms with Gasteiger partial charge in [-0.25, -0.2) is 0 Å². The van der Waals surface area contributed by atoms with Crippen molar-refractivity contribution < 1.29 is 18.7 Å². The first-order chi connectivity index (χ1) is 11.3. The molecule has 0 aliphatic carbocycles. The number of benzene rings is 1. The second-order valence-electron chi connectivity index (χ2n) is 6.17. The number of hydrogen-bond donors (Lipinski definition) is 1. The van der Waals surface area contributed by atoms with Gasteiger partial charge in [-0.2, -0.15) is 0 Å². The van der Waals surface area contributed by atoms with Crippen molar-refractivity contribution in [2.24, 2.45) is 0 Å². The molecule has 1 aromatic carbocycles. The van der Waals surface area contributed by atoms with Crippen LogP contribution in [0.5, 0.6) is 5.75 Å². The number of carbonyl (C=O) groups excluding carboxylic acids is 2. The summed E-state index contributed by atoms with van der Waals surface area (Å²) in [5.74, 6) is 0.985. The van der Waals surface area contributed by atoms with Crippen LogP contribution in [-0.4, -0.2) is 24.5 Å². The molecule has 0 spiro atoms. The third-order valence-electron chi connectivity index (χ3n) is 4.16. The monoisotopic (exact) mass is 328 g/mol. The molecule has 1 unspecified atom stereocenters. The number of ether oxygens (including phenoxy) is 1. The van der Waals surface area contributed by atoms with Gasteiger partial charge in [0, 0.05) is 7.05 Å². The average molecular weight is 328 g/mol. The van der Waals surface area contributed by atoms with Gasteiger partial charge in [0.25, 0.3) is 17.4 Å². The van der Waals surface area contributed by atoms with Crippen LogP contribution >= 0.6 is 0 Å². The zero-order valence-corrected chi connectivity index (χ0v) is 14.2. The molecule has 1 atom stereocenters. The molecule has 0 bridgehead atoms. The number of amides is 2. The molecule has 2 heterocycles. The van der Waals surface area contributed by atoms with Crippen molar-refractivity contribution in [1.29, 1.82) is 0 Å². The molecule has 0 saturated carbocycles. The Bertz CT molecular complexity index is 811. The number of carbonyl (C=O) groups is 2. The van der Waals surface area contributed by atoms with Gasteiger partial charge in [-0.3, -0.25) is 9.59 Å². The van der Waals surface area contributed by atoms with Gasteiger partial charge in [-0.15, -0.1) is 0 Å². The molecule has 1 aromatic heterocycles. The van der Waals surface area contributed by atoms with Crippen molar-refractivity contribution in [3.8, 4) is 5.75 Å². The third-order valence-corrected chi connectivity index (χ3v) is 4.16. The van der Waals surface area contributed by atoms with E-state index in [1.807, 2.05) is 32.0 Å². The highest BCUT2D eigenvalue weighted by Crippen LogP contribution is 2.37. The fourth-order valence-corrected chi connectivity index (χ4v) is 2.73.